The van der Waals surface area contributed by atoms with Crippen molar-refractivity contribution in [3.63, 3.8) is 0 Å². The third-order valence-corrected chi connectivity index (χ3v) is 5.24. The van der Waals surface area contributed by atoms with Gasteiger partial charge >= 0.3 is 29.8 Å². The monoisotopic (exact) mass is 540 g/mol. The number of hydrogen-bond donors (Lipinski definition) is 0. The van der Waals surface area contributed by atoms with Gasteiger partial charge in [0.1, 0.15) is 6.61 Å². The van der Waals surface area contributed by atoms with Gasteiger partial charge in [-0.25, -0.2) is 9.59 Å². The van der Waals surface area contributed by atoms with Gasteiger partial charge in [0.15, 0.2) is 0 Å². The minimum atomic E-state index is -1.02. The first kappa shape index (κ1) is 34.8. The summed E-state index contributed by atoms with van der Waals surface area (Å²) in [6.07, 6.45) is 6.75. The van der Waals surface area contributed by atoms with Crippen molar-refractivity contribution in [2.45, 2.75) is 79.1 Å². The standard InChI is InChI=1S/C28H44O10/c1-7-22(29)34-17-13-9-11-15-24(31)35-18-14-10-12-16-25(32)36-19-27(3,4)20-38-26(33)28(5,6)21-37-23(30)8-2/h7-8H,1-2,9-21H2,3-6H3. The third kappa shape index (κ3) is 18.1. The zero-order valence-electron chi connectivity index (χ0n) is 23.3. The van der Waals surface area contributed by atoms with E-state index < -0.39 is 28.7 Å². The van der Waals surface area contributed by atoms with Crippen LogP contribution < -0.4 is 0 Å². The van der Waals surface area contributed by atoms with E-state index in [1.165, 1.54) is 0 Å². The molecule has 38 heavy (non-hydrogen) atoms. The van der Waals surface area contributed by atoms with Crippen molar-refractivity contribution >= 4 is 29.8 Å². The summed E-state index contributed by atoms with van der Waals surface area (Å²) < 4.78 is 25.7. The summed E-state index contributed by atoms with van der Waals surface area (Å²) in [7, 11) is 0. The molecule has 0 aliphatic carbocycles. The average molecular weight is 541 g/mol. The number of ether oxygens (including phenoxy) is 5. The van der Waals surface area contributed by atoms with Crippen molar-refractivity contribution in [3.8, 4) is 0 Å². The molecule has 0 aliphatic rings. The molecule has 0 heterocycles. The summed E-state index contributed by atoms with van der Waals surface area (Å²) in [5.74, 6) is -2.21. The summed E-state index contributed by atoms with van der Waals surface area (Å²) in [6.45, 7) is 14.0. The van der Waals surface area contributed by atoms with E-state index in [1.807, 2.05) is 13.8 Å². The van der Waals surface area contributed by atoms with Crippen LogP contribution in [-0.2, 0) is 47.7 Å². The molecule has 0 fully saturated rings. The van der Waals surface area contributed by atoms with Gasteiger partial charge in [0.05, 0.1) is 31.8 Å². The van der Waals surface area contributed by atoms with Gasteiger partial charge in [-0.1, -0.05) is 27.0 Å². The maximum atomic E-state index is 12.3. The van der Waals surface area contributed by atoms with Crippen molar-refractivity contribution in [2.24, 2.45) is 10.8 Å². The summed E-state index contributed by atoms with van der Waals surface area (Å²) in [6, 6.07) is 0. The van der Waals surface area contributed by atoms with Crippen LogP contribution in [0.4, 0.5) is 0 Å². The molecule has 10 nitrogen and oxygen atoms in total. The molecule has 0 spiro atoms. The van der Waals surface area contributed by atoms with Crippen LogP contribution in [0.3, 0.4) is 0 Å². The van der Waals surface area contributed by atoms with Gasteiger partial charge in [0.2, 0.25) is 0 Å². The van der Waals surface area contributed by atoms with E-state index >= 15 is 0 Å². The zero-order chi connectivity index (χ0) is 29.0. The Morgan fingerprint density at radius 2 is 1.05 bits per heavy atom. The molecular weight excluding hydrogens is 496 g/mol. The van der Waals surface area contributed by atoms with Gasteiger partial charge in [0.25, 0.3) is 0 Å². The van der Waals surface area contributed by atoms with Crippen LogP contribution in [0.2, 0.25) is 0 Å². The average Bonchev–Trinajstić information content (AvgIpc) is 2.88. The largest absolute Gasteiger partial charge is 0.466 e. The molecule has 0 atom stereocenters. The molecule has 0 bridgehead atoms. The number of rotatable bonds is 21. The Bertz CT molecular complexity index is 797. The Labute approximate surface area is 226 Å². The Morgan fingerprint density at radius 3 is 1.61 bits per heavy atom. The van der Waals surface area contributed by atoms with Crippen LogP contribution in [0, 0.1) is 10.8 Å². The van der Waals surface area contributed by atoms with E-state index in [0.29, 0.717) is 51.7 Å². The van der Waals surface area contributed by atoms with Crippen molar-refractivity contribution in [3.05, 3.63) is 25.3 Å². The summed E-state index contributed by atoms with van der Waals surface area (Å²) in [5, 5.41) is 0. The fourth-order valence-corrected chi connectivity index (χ4v) is 2.80. The van der Waals surface area contributed by atoms with Crippen LogP contribution >= 0.6 is 0 Å². The second kappa shape index (κ2) is 19.0. The number of esters is 5. The molecule has 0 rings (SSSR count). The van der Waals surface area contributed by atoms with Gasteiger partial charge in [-0.2, -0.15) is 0 Å². The Morgan fingerprint density at radius 1 is 0.579 bits per heavy atom. The molecule has 0 unspecified atom stereocenters. The highest BCUT2D eigenvalue weighted by Crippen LogP contribution is 2.22. The van der Waals surface area contributed by atoms with E-state index in [-0.39, 0.29) is 38.2 Å². The summed E-state index contributed by atoms with van der Waals surface area (Å²) in [5.41, 5.74) is -1.62. The van der Waals surface area contributed by atoms with E-state index in [0.717, 1.165) is 18.6 Å². The predicted octanol–water partition coefficient (Wildman–Crippen LogP) is 4.25. The van der Waals surface area contributed by atoms with Gasteiger partial charge in [-0.3, -0.25) is 14.4 Å². The highest BCUT2D eigenvalue weighted by molar-refractivity contribution is 5.82. The molecule has 0 aliphatic heterocycles. The topological polar surface area (TPSA) is 132 Å². The highest BCUT2D eigenvalue weighted by Gasteiger charge is 2.33. The smallest absolute Gasteiger partial charge is 0.330 e. The maximum absolute atomic E-state index is 12.3. The molecule has 216 valence electrons. The molecule has 0 aromatic heterocycles. The summed E-state index contributed by atoms with van der Waals surface area (Å²) in [4.78, 5) is 58.2. The predicted molar refractivity (Wildman–Crippen MR) is 140 cm³/mol. The molecule has 10 heteroatoms. The second-order valence-electron chi connectivity index (χ2n) is 10.3. The van der Waals surface area contributed by atoms with Crippen LogP contribution in [0.5, 0.6) is 0 Å². The van der Waals surface area contributed by atoms with Crippen LogP contribution in [0.1, 0.15) is 79.1 Å². The Balaban J connectivity index is 3.91. The first-order valence-corrected chi connectivity index (χ1v) is 12.9. The van der Waals surface area contributed by atoms with Crippen molar-refractivity contribution in [1.82, 2.24) is 0 Å². The normalized spacial score (nSPS) is 11.2. The number of carbonyl (C=O) groups excluding carboxylic acids is 5. The minimum absolute atomic E-state index is 0.0338. The minimum Gasteiger partial charge on any atom is -0.466 e. The van der Waals surface area contributed by atoms with Crippen LogP contribution in [0.15, 0.2) is 25.3 Å². The number of carbonyl (C=O) groups is 5. The van der Waals surface area contributed by atoms with E-state index in [4.69, 9.17) is 23.7 Å². The fraction of sp³-hybridized carbons (Fsp3) is 0.679. The maximum Gasteiger partial charge on any atom is 0.330 e. The lowest BCUT2D eigenvalue weighted by Gasteiger charge is -2.27. The molecule has 0 saturated carbocycles. The molecule has 0 amide bonds. The SMILES string of the molecule is C=CC(=O)OCCCCCC(=O)OCCCCCC(=O)OCC(C)(C)COC(=O)C(C)(C)COC(=O)C=C. The third-order valence-electron chi connectivity index (χ3n) is 5.24. The van der Waals surface area contributed by atoms with Crippen molar-refractivity contribution in [1.29, 1.82) is 0 Å². The van der Waals surface area contributed by atoms with E-state index in [2.05, 4.69) is 13.2 Å². The van der Waals surface area contributed by atoms with Gasteiger partial charge in [-0.15, -0.1) is 0 Å². The number of unbranched alkanes of at least 4 members (excludes halogenated alkanes) is 4. The lowest BCUT2D eigenvalue weighted by atomic mass is 9.93. The first-order valence-electron chi connectivity index (χ1n) is 12.9. The lowest BCUT2D eigenvalue weighted by Crippen LogP contribution is -2.36. The number of hydrogen-bond acceptors (Lipinski definition) is 10. The molecule has 0 aromatic carbocycles. The molecule has 0 N–H and O–H groups in total. The first-order chi connectivity index (χ1) is 17.8. The highest BCUT2D eigenvalue weighted by atomic mass is 16.6. The Hall–Kier alpha value is -3.17. The van der Waals surface area contributed by atoms with Crippen molar-refractivity contribution < 1.29 is 47.7 Å². The molecule has 0 aromatic rings. The van der Waals surface area contributed by atoms with Crippen LogP contribution in [-0.4, -0.2) is 62.9 Å². The van der Waals surface area contributed by atoms with Gasteiger partial charge < -0.3 is 23.7 Å². The molecule has 0 radical (unpaired) electrons. The van der Waals surface area contributed by atoms with Crippen LogP contribution in [0.25, 0.3) is 0 Å². The van der Waals surface area contributed by atoms with E-state index in [9.17, 15) is 24.0 Å². The van der Waals surface area contributed by atoms with Crippen molar-refractivity contribution in [2.75, 3.05) is 33.0 Å². The second-order valence-corrected chi connectivity index (χ2v) is 10.3. The molecule has 0 saturated heterocycles. The Kier molecular flexibility index (Phi) is 17.4. The van der Waals surface area contributed by atoms with Gasteiger partial charge in [-0.05, 0) is 52.4 Å². The molecular formula is C28H44O10. The van der Waals surface area contributed by atoms with Gasteiger partial charge in [0, 0.05) is 30.4 Å². The zero-order valence-corrected chi connectivity index (χ0v) is 23.3. The fourth-order valence-electron chi connectivity index (χ4n) is 2.80. The quantitative estimate of drug-likeness (QED) is 0.0901. The summed E-state index contributed by atoms with van der Waals surface area (Å²) >= 11 is 0. The van der Waals surface area contributed by atoms with E-state index in [1.54, 1.807) is 13.8 Å². The lowest BCUT2D eigenvalue weighted by molar-refractivity contribution is -0.164.